The average Bonchev–Trinajstić information content (AvgIpc) is 3.30. The first-order valence-electron chi connectivity index (χ1n) is 11.2. The van der Waals surface area contributed by atoms with Gasteiger partial charge in [0.2, 0.25) is 17.5 Å². The zero-order chi connectivity index (χ0) is 24.6. The number of nitrogens with one attached hydrogen (secondary N) is 1. The summed E-state index contributed by atoms with van der Waals surface area (Å²) < 4.78 is 39.5. The van der Waals surface area contributed by atoms with Crippen molar-refractivity contribution in [1.29, 1.82) is 0 Å². The Morgan fingerprint density at radius 1 is 1.11 bits per heavy atom. The van der Waals surface area contributed by atoms with Crippen LogP contribution in [0.2, 0.25) is 0 Å². The van der Waals surface area contributed by atoms with Gasteiger partial charge in [0.1, 0.15) is 5.82 Å². The minimum Gasteiger partial charge on any atom is -0.341 e. The maximum Gasteiger partial charge on any atom is 0.237 e. The van der Waals surface area contributed by atoms with Crippen LogP contribution in [0.1, 0.15) is 37.1 Å². The molecular formula is C22H24FN9O2S. The fourth-order valence-corrected chi connectivity index (χ4v) is 4.65. The van der Waals surface area contributed by atoms with E-state index in [2.05, 4.69) is 47.3 Å². The van der Waals surface area contributed by atoms with Gasteiger partial charge >= 0.3 is 0 Å². The van der Waals surface area contributed by atoms with Crippen LogP contribution in [0.5, 0.6) is 0 Å². The number of aromatic nitrogens is 7. The van der Waals surface area contributed by atoms with Crippen LogP contribution in [0.15, 0.2) is 41.9 Å². The third-order valence-corrected chi connectivity index (χ3v) is 7.04. The zero-order valence-electron chi connectivity index (χ0n) is 19.3. The van der Waals surface area contributed by atoms with Crippen molar-refractivity contribution in [1.82, 2.24) is 34.5 Å². The van der Waals surface area contributed by atoms with Crippen molar-refractivity contribution < 1.29 is 12.8 Å². The van der Waals surface area contributed by atoms with Gasteiger partial charge in [0.25, 0.3) is 0 Å². The van der Waals surface area contributed by atoms with Crippen LogP contribution >= 0.6 is 0 Å². The molecule has 35 heavy (non-hydrogen) atoms. The summed E-state index contributed by atoms with van der Waals surface area (Å²) in [5.41, 5.74) is 1.54. The second kappa shape index (κ2) is 9.13. The molecule has 5 rings (SSSR count). The summed E-state index contributed by atoms with van der Waals surface area (Å²) in [4.78, 5) is 18.9. The Bertz CT molecular complexity index is 1470. The molecule has 1 fully saturated rings. The molecular weight excluding hydrogens is 473 g/mol. The van der Waals surface area contributed by atoms with Crippen LogP contribution < -0.4 is 10.2 Å². The summed E-state index contributed by atoms with van der Waals surface area (Å²) in [5.74, 6) is 1.07. The first-order valence-corrected chi connectivity index (χ1v) is 13.1. The van der Waals surface area contributed by atoms with E-state index in [-0.39, 0.29) is 16.6 Å². The third-order valence-electron chi connectivity index (χ3n) is 6.05. The van der Waals surface area contributed by atoms with Crippen LogP contribution in [0.3, 0.4) is 0 Å². The van der Waals surface area contributed by atoms with Gasteiger partial charge in [-0.05, 0) is 37.0 Å². The molecule has 0 unspecified atom stereocenters. The topological polar surface area (TPSA) is 131 Å². The molecule has 1 aliphatic heterocycles. The van der Waals surface area contributed by atoms with Gasteiger partial charge in [0, 0.05) is 50.1 Å². The van der Waals surface area contributed by atoms with E-state index in [1.54, 1.807) is 12.4 Å². The Kier molecular flexibility index (Phi) is 6.01. The van der Waals surface area contributed by atoms with Gasteiger partial charge in [-0.3, -0.25) is 4.40 Å². The molecule has 182 valence electrons. The number of rotatable bonds is 6. The van der Waals surface area contributed by atoms with Gasteiger partial charge < -0.3 is 10.2 Å². The zero-order valence-corrected chi connectivity index (χ0v) is 20.1. The van der Waals surface area contributed by atoms with Crippen LogP contribution in [0.4, 0.5) is 21.8 Å². The van der Waals surface area contributed by atoms with Crippen molar-refractivity contribution in [3.63, 3.8) is 0 Å². The largest absolute Gasteiger partial charge is 0.341 e. The monoisotopic (exact) mass is 497 g/mol. The molecule has 0 atom stereocenters. The van der Waals surface area contributed by atoms with Gasteiger partial charge in [-0.15, -0.1) is 10.2 Å². The number of sulfone groups is 1. The van der Waals surface area contributed by atoms with Crippen molar-refractivity contribution in [2.45, 2.75) is 37.1 Å². The number of fused-ring (bicyclic) bond motifs is 1. The third kappa shape index (κ3) is 4.63. The number of anilines is 3. The highest BCUT2D eigenvalue weighted by atomic mass is 32.2. The van der Waals surface area contributed by atoms with Crippen molar-refractivity contribution in [3.8, 4) is 0 Å². The lowest BCUT2D eigenvalue weighted by Crippen LogP contribution is -2.34. The molecule has 0 aromatic carbocycles. The van der Waals surface area contributed by atoms with Gasteiger partial charge in [0.15, 0.2) is 20.7 Å². The van der Waals surface area contributed by atoms with Crippen molar-refractivity contribution in [2.75, 3.05) is 29.6 Å². The number of hydrogen-bond acceptors (Lipinski definition) is 10. The molecule has 1 aliphatic rings. The molecule has 0 aliphatic carbocycles. The fraction of sp³-hybridized carbons (Fsp3) is 0.364. The van der Waals surface area contributed by atoms with E-state index in [9.17, 15) is 12.8 Å². The number of piperidine rings is 1. The smallest absolute Gasteiger partial charge is 0.237 e. The van der Waals surface area contributed by atoms with E-state index in [0.29, 0.717) is 11.5 Å². The van der Waals surface area contributed by atoms with Gasteiger partial charge in [0.05, 0.1) is 5.69 Å². The summed E-state index contributed by atoms with van der Waals surface area (Å²) in [6, 6.07) is 2.55. The minimum atomic E-state index is -3.62. The molecule has 1 N–H and O–H groups in total. The highest BCUT2D eigenvalue weighted by Crippen LogP contribution is 2.30. The lowest BCUT2D eigenvalue weighted by Gasteiger charge is -2.31. The minimum absolute atomic E-state index is 0.00931. The van der Waals surface area contributed by atoms with Crippen molar-refractivity contribution in [3.05, 3.63) is 54.3 Å². The lowest BCUT2D eigenvalue weighted by atomic mass is 9.96. The highest BCUT2D eigenvalue weighted by Gasteiger charge is 2.26. The molecule has 0 spiro atoms. The Labute approximate surface area is 201 Å². The molecule has 4 aromatic rings. The Morgan fingerprint density at radius 3 is 2.51 bits per heavy atom. The van der Waals surface area contributed by atoms with E-state index >= 15 is 0 Å². The van der Waals surface area contributed by atoms with E-state index in [1.807, 2.05) is 16.8 Å². The summed E-state index contributed by atoms with van der Waals surface area (Å²) in [6.45, 7) is 3.67. The maximum absolute atomic E-state index is 14.5. The summed E-state index contributed by atoms with van der Waals surface area (Å²) >= 11 is 0. The maximum atomic E-state index is 14.5. The van der Waals surface area contributed by atoms with Crippen molar-refractivity contribution >= 4 is 32.9 Å². The normalized spacial score (nSPS) is 15.0. The molecule has 0 amide bonds. The van der Waals surface area contributed by atoms with E-state index in [0.717, 1.165) is 55.9 Å². The summed E-state index contributed by atoms with van der Waals surface area (Å²) in [7, 11) is -3.62. The van der Waals surface area contributed by atoms with Crippen LogP contribution in [0, 0.1) is 5.95 Å². The molecule has 13 heteroatoms. The van der Waals surface area contributed by atoms with E-state index in [4.69, 9.17) is 0 Å². The van der Waals surface area contributed by atoms with Crippen molar-refractivity contribution in [2.24, 2.45) is 0 Å². The van der Waals surface area contributed by atoms with E-state index < -0.39 is 15.8 Å². The summed E-state index contributed by atoms with van der Waals surface area (Å²) in [5, 5.41) is 11.2. The SMILES string of the molecule is CCc1cnc(N2CCC(c3nnc4c(Nc5ccc(S(C)(=O)=O)nc5F)nccn34)CC2)nc1. The second-order valence-electron chi connectivity index (χ2n) is 8.42. The van der Waals surface area contributed by atoms with Gasteiger partial charge in [-0.25, -0.2) is 28.4 Å². The lowest BCUT2D eigenvalue weighted by molar-refractivity contribution is 0.477. The van der Waals surface area contributed by atoms with E-state index in [1.165, 1.54) is 12.1 Å². The number of halogens is 1. The Balaban J connectivity index is 1.34. The molecule has 0 radical (unpaired) electrons. The molecule has 11 nitrogen and oxygen atoms in total. The number of hydrogen-bond donors (Lipinski definition) is 1. The van der Waals surface area contributed by atoms with Crippen LogP contribution in [0.25, 0.3) is 5.65 Å². The number of nitrogens with zero attached hydrogens (tertiary/aromatic N) is 8. The van der Waals surface area contributed by atoms with Crippen LogP contribution in [-0.2, 0) is 16.3 Å². The predicted octanol–water partition coefficient (Wildman–Crippen LogP) is 2.54. The predicted molar refractivity (Wildman–Crippen MR) is 127 cm³/mol. The van der Waals surface area contributed by atoms with Gasteiger partial charge in [-0.1, -0.05) is 6.92 Å². The first-order chi connectivity index (χ1) is 16.8. The first kappa shape index (κ1) is 23.0. The quantitative estimate of drug-likeness (QED) is 0.396. The average molecular weight is 498 g/mol. The van der Waals surface area contributed by atoms with Gasteiger partial charge in [-0.2, -0.15) is 4.39 Å². The molecule has 1 saturated heterocycles. The standard InChI is InChI=1S/C22H24FN9O2S/c1-3-14-12-25-22(26-13-14)31-9-6-15(7-10-31)20-29-30-21-19(24-8-11-32(20)21)27-16-4-5-17(28-18(16)23)35(2,33)34/h4-5,8,11-13,15H,3,6-7,9-10H2,1-2H3,(H,24,27). The van der Waals surface area contributed by atoms with Crippen LogP contribution in [-0.4, -0.2) is 62.3 Å². The Morgan fingerprint density at radius 2 is 1.86 bits per heavy atom. The Hall–Kier alpha value is -3.74. The molecule has 5 heterocycles. The number of pyridine rings is 1. The molecule has 0 bridgehead atoms. The molecule has 4 aromatic heterocycles. The molecule has 0 saturated carbocycles. The highest BCUT2D eigenvalue weighted by molar-refractivity contribution is 7.90. The number of aryl methyl sites for hydroxylation is 1. The summed E-state index contributed by atoms with van der Waals surface area (Å²) in [6.07, 6.45) is 10.7. The fourth-order valence-electron chi connectivity index (χ4n) is 4.09. The second-order valence-corrected chi connectivity index (χ2v) is 10.4.